The Bertz CT molecular complexity index is 857. The van der Waals surface area contributed by atoms with E-state index in [1.165, 1.54) is 0 Å². The molecule has 0 saturated carbocycles. The van der Waals surface area contributed by atoms with E-state index in [9.17, 15) is 38.4 Å². The summed E-state index contributed by atoms with van der Waals surface area (Å²) in [4.78, 5) is 87.5. The number of rotatable bonds is 18. The predicted octanol–water partition coefficient (Wildman–Crippen LogP) is -4.41. The van der Waals surface area contributed by atoms with Crippen LogP contribution in [0.15, 0.2) is 0 Å². The zero-order valence-electron chi connectivity index (χ0n) is 21.4. The zero-order chi connectivity index (χ0) is 31.4. The van der Waals surface area contributed by atoms with Crippen LogP contribution in [0.2, 0.25) is 0 Å². The number of carbonyl (C=O) groups is 8. The molecule has 0 aliphatic carbocycles. The van der Waals surface area contributed by atoms with Gasteiger partial charge < -0.3 is 53.2 Å². The molecule has 0 aromatic carbocycles. The molecule has 21 heteroatoms. The van der Waals surface area contributed by atoms with E-state index >= 15 is 0 Å². The Morgan fingerprint density at radius 3 is 1.12 bits per heavy atom. The monoisotopic (exact) mass is 720 g/mol. The van der Waals surface area contributed by atoms with E-state index in [0.717, 1.165) is 0 Å². The van der Waals surface area contributed by atoms with E-state index in [1.807, 2.05) is 0 Å². The fourth-order valence-electron chi connectivity index (χ4n) is 2.31. The summed E-state index contributed by atoms with van der Waals surface area (Å²) in [7, 11) is 0. The van der Waals surface area contributed by atoms with E-state index in [0.29, 0.717) is 0 Å². The second-order valence-corrected chi connectivity index (χ2v) is 8.53. The van der Waals surface area contributed by atoms with Gasteiger partial charge in [-0.15, -0.1) is 0 Å². The molecule has 0 aliphatic heterocycles. The number of nitrogens with two attached hydrogens (primary N) is 2. The number of carboxylic acids is 4. The first kappa shape index (κ1) is 42.5. The maximum Gasteiger partial charge on any atom is 0.322 e. The Labute approximate surface area is 258 Å². The van der Waals surface area contributed by atoms with Crippen LogP contribution < -0.4 is 32.7 Å². The third-order valence-electron chi connectivity index (χ3n) is 4.50. The third-order valence-corrected chi connectivity index (χ3v) is 5.23. The second kappa shape index (κ2) is 23.7. The quantitative estimate of drug-likeness (QED) is 0.0470. The molecule has 0 rings (SSSR count). The van der Waals surface area contributed by atoms with Gasteiger partial charge in [-0.05, 0) is 12.8 Å². The number of amides is 4. The molecule has 0 spiro atoms. The van der Waals surface area contributed by atoms with Gasteiger partial charge in [0.1, 0.15) is 37.3 Å². The van der Waals surface area contributed by atoms with Gasteiger partial charge in [0.2, 0.25) is 23.6 Å². The molecule has 0 bridgehead atoms. The van der Waals surface area contributed by atoms with Gasteiger partial charge in [0.05, 0.1) is 0 Å². The Hall–Kier alpha value is -2.96. The molecule has 0 aromatic heterocycles. The molecule has 0 aliphatic rings. The van der Waals surface area contributed by atoms with Crippen molar-refractivity contribution < 1.29 is 79.2 Å². The Balaban J connectivity index is -0.000000688. The number of aliphatic carboxylic acids is 4. The average molecular weight is 721 g/mol. The van der Waals surface area contributed by atoms with Gasteiger partial charge in [0.15, 0.2) is 0 Å². The number of nitrogens with one attached hydrogen (secondary N) is 4. The summed E-state index contributed by atoms with van der Waals surface area (Å²) in [5, 5.41) is 42.7. The van der Waals surface area contributed by atoms with Crippen LogP contribution in [0.1, 0.15) is 25.7 Å². The zero-order valence-corrected chi connectivity index (χ0v) is 24.7. The minimum atomic E-state index is -1.22. The molecule has 0 saturated heterocycles. The molecule has 18 nitrogen and oxygen atoms in total. The van der Waals surface area contributed by atoms with Gasteiger partial charge in [0, 0.05) is 44.8 Å². The third kappa shape index (κ3) is 22.4. The van der Waals surface area contributed by atoms with Crippen molar-refractivity contribution in [2.24, 2.45) is 11.5 Å². The molecule has 0 radical (unpaired) electrons. The minimum absolute atomic E-state index is 0. The van der Waals surface area contributed by atoms with Gasteiger partial charge in [0.25, 0.3) is 0 Å². The smallest absolute Gasteiger partial charge is 0.322 e. The molecular formula is C20H34N6O12PdS2. The first-order chi connectivity index (χ1) is 18.5. The molecule has 41 heavy (non-hydrogen) atoms. The van der Waals surface area contributed by atoms with Crippen molar-refractivity contribution in [2.75, 3.05) is 24.6 Å². The fraction of sp³-hybridized carbons (Fsp3) is 0.600. The van der Waals surface area contributed by atoms with E-state index in [1.54, 1.807) is 0 Å². The van der Waals surface area contributed by atoms with Crippen molar-refractivity contribution >= 4 is 72.8 Å². The van der Waals surface area contributed by atoms with E-state index in [-0.39, 0.29) is 57.6 Å². The van der Waals surface area contributed by atoms with Crippen molar-refractivity contribution in [1.82, 2.24) is 21.3 Å². The summed E-state index contributed by atoms with van der Waals surface area (Å²) in [6, 6.07) is -4.30. The van der Waals surface area contributed by atoms with Gasteiger partial charge >= 0.3 is 23.9 Å². The normalized spacial score (nSPS) is 12.8. The maximum absolute atomic E-state index is 11.5. The standard InChI is InChI=1S/2C10H17N3O6S.Pd/c2*11-5(10(18)19)1-2-7(14)13-6(4-20)9(17)12-3-8(15)16;/h2*5-6,20H,1-4,11H2,(H,12,17)(H,13,14)(H,15,16)(H,18,19);. The van der Waals surface area contributed by atoms with Crippen LogP contribution >= 0.6 is 25.3 Å². The van der Waals surface area contributed by atoms with Crippen LogP contribution in [0.5, 0.6) is 0 Å². The Morgan fingerprint density at radius 2 is 0.902 bits per heavy atom. The van der Waals surface area contributed by atoms with Crippen molar-refractivity contribution in [1.29, 1.82) is 0 Å². The van der Waals surface area contributed by atoms with Crippen LogP contribution in [0.4, 0.5) is 0 Å². The average Bonchev–Trinajstić information content (AvgIpc) is 2.89. The molecule has 238 valence electrons. The minimum Gasteiger partial charge on any atom is -0.480 e. The summed E-state index contributed by atoms with van der Waals surface area (Å²) in [5.74, 6) is -7.41. The second-order valence-electron chi connectivity index (χ2n) is 7.80. The predicted molar refractivity (Wildman–Crippen MR) is 143 cm³/mol. The fourth-order valence-corrected chi connectivity index (χ4v) is 2.83. The molecule has 4 amide bonds. The summed E-state index contributed by atoms with van der Waals surface area (Å²) < 4.78 is 0. The van der Waals surface area contributed by atoms with Crippen molar-refractivity contribution in [3.63, 3.8) is 0 Å². The molecule has 4 unspecified atom stereocenters. The van der Waals surface area contributed by atoms with E-state index < -0.39 is 84.8 Å². The molecule has 12 N–H and O–H groups in total. The van der Waals surface area contributed by atoms with E-state index in [4.69, 9.17) is 31.9 Å². The van der Waals surface area contributed by atoms with E-state index in [2.05, 4.69) is 46.5 Å². The molecular weight excluding hydrogens is 687 g/mol. The maximum atomic E-state index is 11.5. The van der Waals surface area contributed by atoms with Gasteiger partial charge in [-0.2, -0.15) is 25.3 Å². The topological polar surface area (TPSA) is 318 Å². The molecule has 4 atom stereocenters. The summed E-state index contributed by atoms with van der Waals surface area (Å²) in [6.45, 7) is -1.13. The summed E-state index contributed by atoms with van der Waals surface area (Å²) >= 11 is 7.75. The van der Waals surface area contributed by atoms with Crippen LogP contribution in [-0.2, 0) is 58.8 Å². The largest absolute Gasteiger partial charge is 0.480 e. The van der Waals surface area contributed by atoms with Crippen molar-refractivity contribution in [3.8, 4) is 0 Å². The molecule has 0 fully saturated rings. The number of carboxylic acid groups (broad SMARTS) is 4. The number of hydrogen-bond acceptors (Lipinski definition) is 12. The first-order valence-corrected chi connectivity index (χ1v) is 12.6. The van der Waals surface area contributed by atoms with Crippen molar-refractivity contribution in [2.45, 2.75) is 49.9 Å². The first-order valence-electron chi connectivity index (χ1n) is 11.3. The van der Waals surface area contributed by atoms with Gasteiger partial charge in [-0.3, -0.25) is 38.4 Å². The number of hydrogen-bond donors (Lipinski definition) is 12. The van der Waals surface area contributed by atoms with Crippen LogP contribution in [0.3, 0.4) is 0 Å². The number of carbonyl (C=O) groups excluding carboxylic acids is 4. The summed E-state index contributed by atoms with van der Waals surface area (Å²) in [6.07, 6.45) is -0.470. The van der Waals surface area contributed by atoms with Crippen LogP contribution in [0.25, 0.3) is 0 Å². The van der Waals surface area contributed by atoms with Crippen LogP contribution in [0, 0.1) is 0 Å². The Kier molecular flexibility index (Phi) is 24.6. The Morgan fingerprint density at radius 1 is 0.610 bits per heavy atom. The SMILES string of the molecule is NC(CCC(=O)NC(CS)C(=O)NCC(=O)O)C(=O)O.NC(CCC(=O)NC(CS)C(=O)NCC(=O)O)C(=O)O.[Pd]. The molecule has 0 heterocycles. The number of thiol groups is 2. The molecule has 0 aromatic rings. The summed E-state index contributed by atoms with van der Waals surface area (Å²) in [5.41, 5.74) is 10.5. The van der Waals surface area contributed by atoms with Gasteiger partial charge in [-0.25, -0.2) is 0 Å². The van der Waals surface area contributed by atoms with Crippen LogP contribution in [-0.4, -0.2) is 117 Å². The van der Waals surface area contributed by atoms with Gasteiger partial charge in [-0.1, -0.05) is 0 Å². The van der Waals surface area contributed by atoms with Crippen molar-refractivity contribution in [3.05, 3.63) is 0 Å².